The molecule has 1 aromatic heterocycles. The maximum absolute atomic E-state index is 8.49. The van der Waals surface area contributed by atoms with Crippen LogP contribution in [0.25, 0.3) is 22.1 Å². The van der Waals surface area contributed by atoms with Gasteiger partial charge in [0.05, 0.1) is 12.3 Å². The maximum Gasteiger partial charge on any atom is 0.360 e. The first-order valence-corrected chi connectivity index (χ1v) is 7.58. The minimum Gasteiger partial charge on any atom is -0.222 e. The molecule has 0 unspecified atom stereocenters. The molecule has 0 aliphatic rings. The Kier molecular flexibility index (Phi) is 5.07. The second-order valence-corrected chi connectivity index (χ2v) is 5.27. The second-order valence-electron chi connectivity index (χ2n) is 4.51. The Morgan fingerprint density at radius 2 is 1.36 bits per heavy atom. The summed E-state index contributed by atoms with van der Waals surface area (Å²) in [6, 6.07) is 20.6. The van der Waals surface area contributed by atoms with Crippen molar-refractivity contribution in [3.63, 3.8) is 0 Å². The number of benzene rings is 2. The van der Waals surface area contributed by atoms with Crippen LogP contribution < -0.4 is 18.6 Å². The van der Waals surface area contributed by atoms with E-state index in [1.807, 2.05) is 31.2 Å². The Morgan fingerprint density at radius 1 is 0.818 bits per heavy atom. The Labute approximate surface area is 129 Å². The van der Waals surface area contributed by atoms with Crippen LogP contribution in [0.5, 0.6) is 0 Å². The molecule has 5 nitrogen and oxygen atoms in total. The monoisotopic (exact) mass is 320 g/mol. The van der Waals surface area contributed by atoms with E-state index in [4.69, 9.17) is 23.1 Å². The average Bonchev–Trinajstić information content (AvgIpc) is 2.45. The smallest absolute Gasteiger partial charge is 0.222 e. The summed E-state index contributed by atoms with van der Waals surface area (Å²) in [5.41, 5.74) is 3.39. The van der Waals surface area contributed by atoms with Crippen molar-refractivity contribution < 1.29 is 33.3 Å². The van der Waals surface area contributed by atoms with Crippen molar-refractivity contribution in [2.45, 2.75) is 6.92 Å². The summed E-state index contributed by atoms with van der Waals surface area (Å²) in [7, 11) is -4.94. The normalized spacial score (nSPS) is 11.0. The number of rotatable bonds is 1. The van der Waals surface area contributed by atoms with E-state index in [-0.39, 0.29) is 0 Å². The van der Waals surface area contributed by atoms with E-state index >= 15 is 0 Å². The van der Waals surface area contributed by atoms with Gasteiger partial charge in [0.25, 0.3) is 0 Å². The van der Waals surface area contributed by atoms with Gasteiger partial charge in [0, 0.05) is 17.7 Å². The van der Waals surface area contributed by atoms with Gasteiger partial charge in [0.15, 0.2) is 0 Å². The molecule has 6 heteroatoms. The second kappa shape index (κ2) is 6.83. The fourth-order valence-electron chi connectivity index (χ4n) is 2.12. The highest BCUT2D eigenvalue weighted by molar-refractivity contribution is 5.93. The fourth-order valence-corrected chi connectivity index (χ4v) is 2.12. The molecule has 0 aliphatic heterocycles. The highest BCUT2D eigenvalue weighted by Crippen LogP contribution is 2.29. The van der Waals surface area contributed by atoms with E-state index < -0.39 is 10.2 Å². The quantitative estimate of drug-likeness (QED) is 0.584. The predicted molar refractivity (Wildman–Crippen MR) is 70.8 cm³/mol. The first kappa shape index (κ1) is 16.4. The van der Waals surface area contributed by atoms with Gasteiger partial charge < -0.3 is 0 Å². The Morgan fingerprint density at radius 3 is 2.00 bits per heavy atom. The summed E-state index contributed by atoms with van der Waals surface area (Å²) in [4.78, 5) is 0. The SMILES string of the molecule is Cc1cc(-c2ccccc2)c2ccccc2[o+]1.[O-][Cl+3]([O-])([O-])[O-]. The molecule has 0 atom stereocenters. The van der Waals surface area contributed by atoms with Gasteiger partial charge in [-0.15, -0.1) is 10.2 Å². The molecule has 1 heterocycles. The summed E-state index contributed by atoms with van der Waals surface area (Å²) in [5, 5.41) is 1.16. The van der Waals surface area contributed by atoms with Gasteiger partial charge in [-0.25, -0.2) is 23.1 Å². The third-order valence-corrected chi connectivity index (χ3v) is 2.88. The lowest BCUT2D eigenvalue weighted by Gasteiger charge is -2.17. The van der Waals surface area contributed by atoms with Crippen LogP contribution in [0.4, 0.5) is 0 Å². The van der Waals surface area contributed by atoms with Gasteiger partial charge >= 0.3 is 11.3 Å². The van der Waals surface area contributed by atoms with E-state index in [0.717, 1.165) is 16.7 Å². The van der Waals surface area contributed by atoms with Gasteiger partial charge in [-0.2, -0.15) is 0 Å². The van der Waals surface area contributed by atoms with Crippen molar-refractivity contribution in [1.29, 1.82) is 0 Å². The number of hydrogen-bond donors (Lipinski definition) is 0. The number of fused-ring (bicyclic) bond motifs is 1. The summed E-state index contributed by atoms with van der Waals surface area (Å²) in [6.45, 7) is 1.98. The number of aryl methyl sites for hydroxylation is 1. The molecular formula is C16H13ClO5. The molecule has 2 aromatic carbocycles. The zero-order valence-corrected chi connectivity index (χ0v) is 12.4. The number of para-hydroxylation sites is 1. The first-order chi connectivity index (χ1) is 10.3. The lowest BCUT2D eigenvalue weighted by atomic mass is 10.0. The summed E-state index contributed by atoms with van der Waals surface area (Å²) < 4.78 is 39.7. The van der Waals surface area contributed by atoms with Crippen LogP contribution in [0.15, 0.2) is 65.1 Å². The van der Waals surface area contributed by atoms with Gasteiger partial charge in [-0.05, 0) is 11.6 Å². The highest BCUT2D eigenvalue weighted by atomic mass is 35.7. The lowest BCUT2D eigenvalue weighted by molar-refractivity contribution is -2.00. The molecular weight excluding hydrogens is 308 g/mol. The molecule has 0 saturated heterocycles. The molecule has 0 fully saturated rings. The Bertz CT molecular complexity index is 747. The van der Waals surface area contributed by atoms with Gasteiger partial charge in [0.1, 0.15) is 0 Å². The van der Waals surface area contributed by atoms with Crippen LogP contribution in [-0.2, 0) is 0 Å². The third-order valence-electron chi connectivity index (χ3n) is 2.88. The standard InChI is InChI=1S/C16H13O.ClHO4/c1-12-11-15(13-7-3-2-4-8-13)14-9-5-6-10-16(14)17-12;2-1(3,4)5/h2-11H,1H3;(H,2,3,4,5)/q+1;/p-1. The minimum atomic E-state index is -4.94. The zero-order chi connectivity index (χ0) is 16.2. The minimum absolute atomic E-state index is 0.933. The van der Waals surface area contributed by atoms with Crippen molar-refractivity contribution in [3.05, 3.63) is 66.4 Å². The summed E-state index contributed by atoms with van der Waals surface area (Å²) >= 11 is 0. The molecule has 0 amide bonds. The molecule has 0 bridgehead atoms. The van der Waals surface area contributed by atoms with Crippen molar-refractivity contribution in [1.82, 2.24) is 0 Å². The van der Waals surface area contributed by atoms with E-state index in [2.05, 4.69) is 36.4 Å². The largest absolute Gasteiger partial charge is 0.360 e. The fraction of sp³-hybridized carbons (Fsp3) is 0.0625. The van der Waals surface area contributed by atoms with E-state index in [1.54, 1.807) is 0 Å². The van der Waals surface area contributed by atoms with Crippen LogP contribution in [-0.4, -0.2) is 0 Å². The van der Waals surface area contributed by atoms with Crippen molar-refractivity contribution >= 4 is 11.0 Å². The molecule has 22 heavy (non-hydrogen) atoms. The molecule has 0 N–H and O–H groups in total. The van der Waals surface area contributed by atoms with Crippen molar-refractivity contribution in [2.75, 3.05) is 0 Å². The molecule has 0 radical (unpaired) electrons. The highest BCUT2D eigenvalue weighted by Gasteiger charge is 2.14. The van der Waals surface area contributed by atoms with E-state index in [9.17, 15) is 0 Å². The Balaban J connectivity index is 0.000000309. The zero-order valence-electron chi connectivity index (χ0n) is 11.7. The summed E-state index contributed by atoms with van der Waals surface area (Å²) in [5.74, 6) is 0.933. The van der Waals surface area contributed by atoms with Crippen molar-refractivity contribution in [2.24, 2.45) is 0 Å². The molecule has 3 aromatic rings. The predicted octanol–water partition coefficient (Wildman–Crippen LogP) is -0.0667. The lowest BCUT2D eigenvalue weighted by Crippen LogP contribution is -2.68. The van der Waals surface area contributed by atoms with Crippen LogP contribution in [0.2, 0.25) is 0 Å². The van der Waals surface area contributed by atoms with Crippen LogP contribution in [0.1, 0.15) is 5.76 Å². The van der Waals surface area contributed by atoms with E-state index in [0.29, 0.717) is 0 Å². The van der Waals surface area contributed by atoms with Crippen LogP contribution >= 0.6 is 0 Å². The maximum atomic E-state index is 8.49. The third kappa shape index (κ3) is 4.77. The Hall–Kier alpha value is -2.02. The topological polar surface area (TPSA) is 104 Å². The first-order valence-electron chi connectivity index (χ1n) is 6.34. The van der Waals surface area contributed by atoms with Crippen molar-refractivity contribution in [3.8, 4) is 11.1 Å². The molecule has 0 saturated carbocycles. The van der Waals surface area contributed by atoms with Gasteiger partial charge in [0.2, 0.25) is 0 Å². The average molecular weight is 321 g/mol. The van der Waals surface area contributed by atoms with Gasteiger partial charge in [-0.1, -0.05) is 42.5 Å². The summed E-state index contributed by atoms with van der Waals surface area (Å²) in [6.07, 6.45) is 0. The number of hydrogen-bond acceptors (Lipinski definition) is 4. The van der Waals surface area contributed by atoms with Crippen LogP contribution in [0.3, 0.4) is 0 Å². The number of halogens is 1. The molecule has 114 valence electrons. The van der Waals surface area contributed by atoms with Gasteiger partial charge in [-0.3, -0.25) is 0 Å². The molecule has 0 spiro atoms. The molecule has 3 rings (SSSR count). The van der Waals surface area contributed by atoms with Crippen LogP contribution in [0, 0.1) is 17.2 Å². The van der Waals surface area contributed by atoms with E-state index in [1.165, 1.54) is 11.1 Å². The molecule has 0 aliphatic carbocycles.